The van der Waals surface area contributed by atoms with E-state index in [2.05, 4.69) is 30.4 Å². The number of benzene rings is 1. The topological polar surface area (TPSA) is 186 Å². The number of aromatic nitrogens is 4. The van der Waals surface area contributed by atoms with Crippen molar-refractivity contribution in [2.24, 2.45) is 0 Å². The first-order chi connectivity index (χ1) is 24.8. The number of hydrogen-bond donors (Lipinski definition) is 3. The van der Waals surface area contributed by atoms with E-state index in [1.165, 1.54) is 6.26 Å². The number of β-amino-alcohol motifs (C(OH)–C–C–N with tert-alkyl or cyclic N) is 1. The molecule has 4 aromatic heterocycles. The van der Waals surface area contributed by atoms with Gasteiger partial charge in [-0.3, -0.25) is 29.7 Å². The lowest BCUT2D eigenvalue weighted by Gasteiger charge is -2.33. The molecular formula is C35H36N10O6. The van der Waals surface area contributed by atoms with Gasteiger partial charge in [0.15, 0.2) is 17.1 Å². The van der Waals surface area contributed by atoms with E-state index in [-0.39, 0.29) is 18.0 Å². The molecule has 0 radical (unpaired) electrons. The molecule has 0 saturated carbocycles. The van der Waals surface area contributed by atoms with Crippen LogP contribution >= 0.6 is 0 Å². The van der Waals surface area contributed by atoms with Gasteiger partial charge in [0.25, 0.3) is 11.9 Å². The number of oxazole rings is 2. The summed E-state index contributed by atoms with van der Waals surface area (Å²) < 4.78 is 11.8. The van der Waals surface area contributed by atoms with E-state index in [0.717, 1.165) is 36.6 Å². The van der Waals surface area contributed by atoms with Crippen LogP contribution in [0.2, 0.25) is 0 Å². The van der Waals surface area contributed by atoms with Gasteiger partial charge in [-0.15, -0.1) is 0 Å². The van der Waals surface area contributed by atoms with Crippen LogP contribution < -0.4 is 25.3 Å². The number of rotatable bonds is 8. The van der Waals surface area contributed by atoms with Crippen molar-refractivity contribution in [1.82, 2.24) is 30.2 Å². The SMILES string of the molecule is Cc1cc(-c2nc(C(=O)Nc3cc4oc(N5CCN(Cc6ccc(N7CCC(=O)NC7=O)cc6)CC5)nc4nc3N3CC[C@@H](O)C3)co2)ccn1. The number of amides is 4. The molecule has 262 valence electrons. The fourth-order valence-electron chi connectivity index (χ4n) is 6.57. The number of imide groups is 1. The number of aliphatic hydroxyl groups excluding tert-OH is 1. The Morgan fingerprint density at radius 3 is 2.57 bits per heavy atom. The fourth-order valence-corrected chi connectivity index (χ4v) is 6.57. The maximum atomic E-state index is 13.4. The van der Waals surface area contributed by atoms with Crippen molar-refractivity contribution in [3.63, 3.8) is 0 Å². The molecule has 3 saturated heterocycles. The number of hydrogen-bond acceptors (Lipinski definition) is 13. The van der Waals surface area contributed by atoms with Crippen molar-refractivity contribution < 1.29 is 28.3 Å². The average Bonchev–Trinajstić information content (AvgIpc) is 3.89. The lowest BCUT2D eigenvalue weighted by molar-refractivity contribution is -0.120. The Kier molecular flexibility index (Phi) is 8.53. The van der Waals surface area contributed by atoms with Gasteiger partial charge < -0.3 is 29.1 Å². The summed E-state index contributed by atoms with van der Waals surface area (Å²) in [5.74, 6) is 0.0727. The monoisotopic (exact) mass is 692 g/mol. The molecule has 0 unspecified atom stereocenters. The lowest BCUT2D eigenvalue weighted by Crippen LogP contribution is -2.49. The van der Waals surface area contributed by atoms with E-state index in [1.807, 2.05) is 42.2 Å². The molecule has 0 aliphatic carbocycles. The van der Waals surface area contributed by atoms with Gasteiger partial charge in [0.1, 0.15) is 6.26 Å². The van der Waals surface area contributed by atoms with Gasteiger partial charge in [0.2, 0.25) is 17.4 Å². The highest BCUT2D eigenvalue weighted by molar-refractivity contribution is 6.06. The van der Waals surface area contributed by atoms with E-state index in [9.17, 15) is 19.5 Å². The van der Waals surface area contributed by atoms with Crippen molar-refractivity contribution in [2.45, 2.75) is 32.4 Å². The normalized spacial score (nSPS) is 18.5. The zero-order chi connectivity index (χ0) is 35.1. The Morgan fingerprint density at radius 2 is 1.82 bits per heavy atom. The van der Waals surface area contributed by atoms with Crippen LogP contribution in [0.3, 0.4) is 0 Å². The van der Waals surface area contributed by atoms with E-state index < -0.39 is 18.0 Å². The fraction of sp³-hybridized carbons (Fsp3) is 0.343. The summed E-state index contributed by atoms with van der Waals surface area (Å²) in [7, 11) is 0. The van der Waals surface area contributed by atoms with Crippen molar-refractivity contribution in [1.29, 1.82) is 0 Å². The minimum atomic E-state index is -0.502. The Morgan fingerprint density at radius 1 is 1.00 bits per heavy atom. The molecule has 3 N–H and O–H groups in total. The minimum absolute atomic E-state index is 0.103. The highest BCUT2D eigenvalue weighted by atomic mass is 16.4. The molecular weight excluding hydrogens is 656 g/mol. The van der Waals surface area contributed by atoms with E-state index >= 15 is 0 Å². The zero-order valence-electron chi connectivity index (χ0n) is 27.9. The molecule has 51 heavy (non-hydrogen) atoms. The van der Waals surface area contributed by atoms with Crippen LogP contribution in [0.5, 0.6) is 0 Å². The summed E-state index contributed by atoms with van der Waals surface area (Å²) >= 11 is 0. The summed E-state index contributed by atoms with van der Waals surface area (Å²) in [6, 6.07) is 13.2. The van der Waals surface area contributed by atoms with Gasteiger partial charge >= 0.3 is 6.03 Å². The maximum absolute atomic E-state index is 13.4. The number of aliphatic hydroxyl groups is 1. The van der Waals surface area contributed by atoms with Gasteiger partial charge in [-0.05, 0) is 43.2 Å². The smallest absolute Gasteiger partial charge is 0.328 e. The lowest BCUT2D eigenvalue weighted by atomic mass is 10.1. The van der Waals surface area contributed by atoms with E-state index in [4.69, 9.17) is 18.8 Å². The Bertz CT molecular complexity index is 2110. The number of fused-ring (bicyclic) bond motifs is 1. The van der Waals surface area contributed by atoms with Crippen LogP contribution in [0.1, 0.15) is 34.6 Å². The average molecular weight is 693 g/mol. The third kappa shape index (κ3) is 6.82. The molecule has 1 aromatic carbocycles. The number of nitrogens with one attached hydrogen (secondary N) is 2. The largest absolute Gasteiger partial charge is 0.444 e. The highest BCUT2D eigenvalue weighted by Gasteiger charge is 2.29. The molecule has 16 heteroatoms. The van der Waals surface area contributed by atoms with Gasteiger partial charge in [0, 0.05) is 88.0 Å². The second kappa shape index (κ2) is 13.4. The van der Waals surface area contributed by atoms with Crippen molar-refractivity contribution in [3.05, 3.63) is 71.9 Å². The Balaban J connectivity index is 0.949. The summed E-state index contributed by atoms with van der Waals surface area (Å²) in [5, 5.41) is 15.6. The molecule has 8 rings (SSSR count). The first kappa shape index (κ1) is 32.3. The second-order valence-electron chi connectivity index (χ2n) is 12.9. The van der Waals surface area contributed by atoms with Crippen LogP contribution in [0.25, 0.3) is 22.7 Å². The predicted octanol–water partition coefficient (Wildman–Crippen LogP) is 3.17. The number of carbonyl (C=O) groups is 3. The summed E-state index contributed by atoms with van der Waals surface area (Å²) in [6.45, 7) is 6.86. The first-order valence-corrected chi connectivity index (χ1v) is 16.9. The van der Waals surface area contributed by atoms with Crippen molar-refractivity contribution in [3.8, 4) is 11.5 Å². The summed E-state index contributed by atoms with van der Waals surface area (Å²) in [6.07, 6.45) is 3.34. The van der Waals surface area contributed by atoms with Gasteiger partial charge in [-0.1, -0.05) is 12.1 Å². The number of urea groups is 1. The number of piperazine rings is 1. The Labute approximate surface area is 292 Å². The molecule has 16 nitrogen and oxygen atoms in total. The van der Waals surface area contributed by atoms with Crippen LogP contribution in [0, 0.1) is 6.92 Å². The minimum Gasteiger partial charge on any atom is -0.444 e. The number of anilines is 4. The van der Waals surface area contributed by atoms with Gasteiger partial charge in [-0.25, -0.2) is 14.8 Å². The zero-order valence-corrected chi connectivity index (χ0v) is 27.9. The van der Waals surface area contributed by atoms with Crippen LogP contribution in [0.4, 0.5) is 28.0 Å². The molecule has 7 heterocycles. The molecule has 1 atom stereocenters. The van der Waals surface area contributed by atoms with Crippen LogP contribution in [-0.4, -0.2) is 99.7 Å². The third-order valence-electron chi connectivity index (χ3n) is 9.29. The third-order valence-corrected chi connectivity index (χ3v) is 9.29. The predicted molar refractivity (Wildman–Crippen MR) is 186 cm³/mol. The molecule has 5 aromatic rings. The Hall–Kier alpha value is -5.87. The van der Waals surface area contributed by atoms with E-state index in [1.54, 1.807) is 23.2 Å². The number of pyridine rings is 2. The standard InChI is InChI=1S/C35H36N10O6/c1-21-16-23(6-9-36-21)33-38-27(20-50-33)32(48)37-26-17-28-30(40-31(26)44-10-7-25(46)19-44)41-35(51-28)43-14-12-42(13-15-43)18-22-2-4-24(5-3-22)45-11-8-29(47)39-34(45)49/h2-6,9,16-17,20,25,46H,7-8,10-15,18-19H2,1H3,(H,37,48)(H,39,47,49)/t25-/m1/s1. The molecule has 0 spiro atoms. The molecule has 4 amide bonds. The number of nitrogens with zero attached hydrogens (tertiary/aromatic N) is 8. The molecule has 3 aliphatic rings. The first-order valence-electron chi connectivity index (χ1n) is 16.9. The van der Waals surface area contributed by atoms with Crippen LogP contribution in [-0.2, 0) is 11.3 Å². The van der Waals surface area contributed by atoms with E-state index in [0.29, 0.717) is 79.3 Å². The highest BCUT2D eigenvalue weighted by Crippen LogP contribution is 2.33. The van der Waals surface area contributed by atoms with Crippen molar-refractivity contribution >= 4 is 52.3 Å². The van der Waals surface area contributed by atoms with Crippen molar-refractivity contribution in [2.75, 3.05) is 65.8 Å². The molecule has 3 aliphatic heterocycles. The van der Waals surface area contributed by atoms with Crippen LogP contribution in [0.15, 0.2) is 63.8 Å². The quantitative estimate of drug-likeness (QED) is 0.216. The second-order valence-corrected chi connectivity index (χ2v) is 12.9. The summed E-state index contributed by atoms with van der Waals surface area (Å²) in [4.78, 5) is 63.1. The molecule has 0 bridgehead atoms. The number of carbonyl (C=O) groups excluding carboxylic acids is 3. The van der Waals surface area contributed by atoms with Gasteiger partial charge in [-0.2, -0.15) is 4.98 Å². The van der Waals surface area contributed by atoms with Gasteiger partial charge in [0.05, 0.1) is 11.8 Å². The number of aryl methyl sites for hydroxylation is 1. The maximum Gasteiger partial charge on any atom is 0.328 e. The molecule has 3 fully saturated rings. The summed E-state index contributed by atoms with van der Waals surface area (Å²) in [5.41, 5.74) is 4.74.